The van der Waals surface area contributed by atoms with Crippen LogP contribution in [0.15, 0.2) is 17.6 Å². The van der Waals surface area contributed by atoms with Crippen molar-refractivity contribution in [3.05, 3.63) is 12.5 Å². The predicted molar refractivity (Wildman–Crippen MR) is 75.0 cm³/mol. The Balaban J connectivity index is 2.03. The van der Waals surface area contributed by atoms with Gasteiger partial charge in [-0.3, -0.25) is 10.3 Å². The minimum absolute atomic E-state index is 0.0966. The van der Waals surface area contributed by atoms with Crippen molar-refractivity contribution in [1.29, 1.82) is 5.41 Å². The summed E-state index contributed by atoms with van der Waals surface area (Å²) in [7, 11) is -3.51. The van der Waals surface area contributed by atoms with E-state index in [4.69, 9.17) is 11.1 Å². The topological polar surface area (TPSA) is 108 Å². The van der Waals surface area contributed by atoms with Crippen molar-refractivity contribution in [2.24, 2.45) is 5.73 Å². The van der Waals surface area contributed by atoms with Crippen molar-refractivity contribution >= 4 is 15.9 Å². The third-order valence-corrected chi connectivity index (χ3v) is 5.09. The number of aryl methyl sites for hydroxylation is 1. The first kappa shape index (κ1) is 14.9. The summed E-state index contributed by atoms with van der Waals surface area (Å²) in [6.07, 6.45) is 3.08. The highest BCUT2D eigenvalue weighted by Crippen LogP contribution is 2.15. The van der Waals surface area contributed by atoms with Gasteiger partial charge >= 0.3 is 0 Å². The first-order valence-corrected chi connectivity index (χ1v) is 7.94. The minimum atomic E-state index is -3.51. The smallest absolute Gasteiger partial charge is 0.262 e. The number of piperazine rings is 1. The van der Waals surface area contributed by atoms with E-state index in [2.05, 4.69) is 4.98 Å². The molecule has 1 aromatic rings. The summed E-state index contributed by atoms with van der Waals surface area (Å²) in [5.74, 6) is 0.1000. The number of hydrogen-bond donors (Lipinski definition) is 2. The van der Waals surface area contributed by atoms with Gasteiger partial charge in [-0.2, -0.15) is 4.31 Å². The molecule has 1 aliphatic heterocycles. The van der Waals surface area contributed by atoms with Gasteiger partial charge in [0, 0.05) is 38.9 Å². The maximum atomic E-state index is 12.4. The van der Waals surface area contributed by atoms with Gasteiger partial charge < -0.3 is 10.3 Å². The lowest BCUT2D eigenvalue weighted by Crippen LogP contribution is -2.50. The molecular formula is C11H20N6O2S. The molecule has 0 radical (unpaired) electrons. The van der Waals surface area contributed by atoms with Gasteiger partial charge in [0.1, 0.15) is 5.84 Å². The number of sulfonamides is 1. The Morgan fingerprint density at radius 1 is 1.40 bits per heavy atom. The van der Waals surface area contributed by atoms with E-state index in [0.29, 0.717) is 39.3 Å². The zero-order valence-electron chi connectivity index (χ0n) is 11.5. The van der Waals surface area contributed by atoms with Crippen LogP contribution in [0.2, 0.25) is 0 Å². The fourth-order valence-electron chi connectivity index (χ4n) is 2.15. The van der Waals surface area contributed by atoms with Crippen LogP contribution in [0, 0.1) is 5.41 Å². The molecule has 2 heterocycles. The summed E-state index contributed by atoms with van der Waals surface area (Å²) >= 11 is 0. The number of amidine groups is 1. The van der Waals surface area contributed by atoms with E-state index in [1.54, 1.807) is 10.8 Å². The number of hydrogen-bond acceptors (Lipinski definition) is 5. The van der Waals surface area contributed by atoms with Crippen LogP contribution in [0.3, 0.4) is 0 Å². The van der Waals surface area contributed by atoms with Gasteiger partial charge in [0.15, 0.2) is 5.03 Å². The highest BCUT2D eigenvalue weighted by atomic mass is 32.2. The fourth-order valence-corrected chi connectivity index (χ4v) is 3.50. The normalized spacial score (nSPS) is 18.2. The van der Waals surface area contributed by atoms with Crippen LogP contribution in [0.5, 0.6) is 0 Å². The molecule has 0 aromatic carbocycles. The molecule has 0 aliphatic carbocycles. The van der Waals surface area contributed by atoms with Gasteiger partial charge in [0.2, 0.25) is 0 Å². The lowest BCUT2D eigenvalue weighted by Gasteiger charge is -2.33. The largest absolute Gasteiger partial charge is 0.387 e. The fraction of sp³-hybridized carbons (Fsp3) is 0.636. The van der Waals surface area contributed by atoms with E-state index in [1.807, 2.05) is 11.8 Å². The maximum absolute atomic E-state index is 12.4. The zero-order chi connectivity index (χ0) is 14.8. The van der Waals surface area contributed by atoms with Crippen LogP contribution in [-0.4, -0.2) is 65.7 Å². The molecule has 20 heavy (non-hydrogen) atoms. The Morgan fingerprint density at radius 3 is 2.55 bits per heavy atom. The van der Waals surface area contributed by atoms with Crippen LogP contribution < -0.4 is 5.73 Å². The van der Waals surface area contributed by atoms with Gasteiger partial charge in [-0.15, -0.1) is 0 Å². The summed E-state index contributed by atoms with van der Waals surface area (Å²) in [4.78, 5) is 5.94. The lowest BCUT2D eigenvalue weighted by atomic mass is 10.3. The van der Waals surface area contributed by atoms with Crippen molar-refractivity contribution in [3.63, 3.8) is 0 Å². The van der Waals surface area contributed by atoms with Gasteiger partial charge in [-0.05, 0) is 6.92 Å². The zero-order valence-corrected chi connectivity index (χ0v) is 12.3. The van der Waals surface area contributed by atoms with Crippen molar-refractivity contribution in [2.75, 3.05) is 32.7 Å². The molecule has 8 nitrogen and oxygen atoms in total. The Hall–Kier alpha value is -1.45. The third kappa shape index (κ3) is 3.17. The summed E-state index contributed by atoms with van der Waals surface area (Å²) in [5.41, 5.74) is 5.35. The number of nitrogens with zero attached hydrogens (tertiary/aromatic N) is 4. The molecule has 0 bridgehead atoms. The standard InChI is InChI=1S/C11H20N6O2S/c1-2-15-8-11(14-9-15)20(18,19)17-5-3-16(4-6-17)7-10(12)13/h8-9H,2-7H2,1H3,(H3,12,13). The molecule has 9 heteroatoms. The molecule has 0 spiro atoms. The molecule has 0 atom stereocenters. The van der Waals surface area contributed by atoms with E-state index >= 15 is 0 Å². The first-order chi connectivity index (χ1) is 9.43. The highest BCUT2D eigenvalue weighted by Gasteiger charge is 2.30. The molecule has 1 saturated heterocycles. The third-order valence-electron chi connectivity index (χ3n) is 3.30. The number of nitrogens with two attached hydrogens (primary N) is 1. The monoisotopic (exact) mass is 300 g/mol. The van der Waals surface area contributed by atoms with Crippen LogP contribution in [-0.2, 0) is 16.6 Å². The van der Waals surface area contributed by atoms with Gasteiger partial charge in [-0.1, -0.05) is 0 Å². The molecule has 0 amide bonds. The Labute approximate surface area is 118 Å². The van der Waals surface area contributed by atoms with Gasteiger partial charge in [0.25, 0.3) is 10.0 Å². The molecular weight excluding hydrogens is 280 g/mol. The van der Waals surface area contributed by atoms with Crippen molar-refractivity contribution in [3.8, 4) is 0 Å². The second-order valence-electron chi connectivity index (χ2n) is 4.75. The van der Waals surface area contributed by atoms with E-state index in [1.165, 1.54) is 10.6 Å². The van der Waals surface area contributed by atoms with Gasteiger partial charge in [-0.25, -0.2) is 13.4 Å². The van der Waals surface area contributed by atoms with E-state index in [0.717, 1.165) is 0 Å². The molecule has 1 aliphatic rings. The SMILES string of the molecule is CCn1cnc(S(=O)(=O)N2CCN(CC(=N)N)CC2)c1. The molecule has 1 fully saturated rings. The van der Waals surface area contributed by atoms with Crippen molar-refractivity contribution in [2.45, 2.75) is 18.5 Å². The number of imidazole rings is 1. The average Bonchev–Trinajstić information content (AvgIpc) is 2.88. The van der Waals surface area contributed by atoms with E-state index < -0.39 is 10.0 Å². The Kier molecular flexibility index (Phi) is 4.41. The quantitative estimate of drug-likeness (QED) is 0.543. The first-order valence-electron chi connectivity index (χ1n) is 6.50. The van der Waals surface area contributed by atoms with Crippen LogP contribution in [0.25, 0.3) is 0 Å². The molecule has 0 unspecified atom stereocenters. The van der Waals surface area contributed by atoms with Crippen molar-refractivity contribution < 1.29 is 8.42 Å². The maximum Gasteiger partial charge on any atom is 0.262 e. The predicted octanol–water partition coefficient (Wildman–Crippen LogP) is -0.855. The second kappa shape index (κ2) is 5.90. The van der Waals surface area contributed by atoms with Crippen LogP contribution >= 0.6 is 0 Å². The van der Waals surface area contributed by atoms with Crippen molar-refractivity contribution in [1.82, 2.24) is 18.8 Å². The Morgan fingerprint density at radius 2 is 2.05 bits per heavy atom. The summed E-state index contributed by atoms with van der Waals surface area (Å²) in [5, 5.41) is 7.35. The second-order valence-corrected chi connectivity index (χ2v) is 6.63. The molecule has 0 saturated carbocycles. The summed E-state index contributed by atoms with van der Waals surface area (Å²) < 4.78 is 28.0. The average molecular weight is 300 g/mol. The lowest BCUT2D eigenvalue weighted by molar-refractivity contribution is 0.208. The van der Waals surface area contributed by atoms with Crippen LogP contribution in [0.4, 0.5) is 0 Å². The molecule has 3 N–H and O–H groups in total. The number of rotatable bonds is 5. The molecule has 1 aromatic heterocycles. The summed E-state index contributed by atoms with van der Waals surface area (Å²) in [6, 6.07) is 0. The van der Waals surface area contributed by atoms with Gasteiger partial charge in [0.05, 0.1) is 12.9 Å². The number of nitrogens with one attached hydrogen (secondary N) is 1. The Bertz CT molecular complexity index is 573. The summed E-state index contributed by atoms with van der Waals surface area (Å²) in [6.45, 7) is 4.95. The number of aromatic nitrogens is 2. The highest BCUT2D eigenvalue weighted by molar-refractivity contribution is 7.89. The van der Waals surface area contributed by atoms with Crippen LogP contribution in [0.1, 0.15) is 6.92 Å². The molecule has 2 rings (SSSR count). The minimum Gasteiger partial charge on any atom is -0.387 e. The molecule has 112 valence electrons. The van der Waals surface area contributed by atoms with E-state index in [9.17, 15) is 8.42 Å². The van der Waals surface area contributed by atoms with E-state index in [-0.39, 0.29) is 10.9 Å².